The Morgan fingerprint density at radius 3 is 2.91 bits per heavy atom. The summed E-state index contributed by atoms with van der Waals surface area (Å²) in [6.07, 6.45) is 6.71. The molecule has 1 aromatic carbocycles. The Balaban J connectivity index is 1.77. The molecule has 0 bridgehead atoms. The largest absolute Gasteiger partial charge is 0.508 e. The van der Waals surface area contributed by atoms with Gasteiger partial charge in [-0.2, -0.15) is 0 Å². The lowest BCUT2D eigenvalue weighted by Crippen LogP contribution is -2.43. The van der Waals surface area contributed by atoms with Crippen LogP contribution < -0.4 is 0 Å². The van der Waals surface area contributed by atoms with Crippen molar-refractivity contribution in [3.63, 3.8) is 0 Å². The van der Waals surface area contributed by atoms with Crippen molar-refractivity contribution in [3.8, 4) is 5.75 Å². The van der Waals surface area contributed by atoms with Crippen molar-refractivity contribution >= 4 is 0 Å². The summed E-state index contributed by atoms with van der Waals surface area (Å²) < 4.78 is 0. The highest BCUT2D eigenvalue weighted by Gasteiger charge is 2.54. The average molecular weight is 300 g/mol. The molecule has 2 fully saturated rings. The summed E-state index contributed by atoms with van der Waals surface area (Å²) in [5, 5.41) is 20.1. The van der Waals surface area contributed by atoms with E-state index < -0.39 is 0 Å². The van der Waals surface area contributed by atoms with Gasteiger partial charge in [-0.25, -0.2) is 0 Å². The maximum Gasteiger partial charge on any atom is 0.115 e. The smallest absolute Gasteiger partial charge is 0.115 e. The van der Waals surface area contributed by atoms with Gasteiger partial charge < -0.3 is 10.2 Å². The van der Waals surface area contributed by atoms with Crippen LogP contribution in [-0.4, -0.2) is 16.3 Å². The van der Waals surface area contributed by atoms with Gasteiger partial charge in [0.2, 0.25) is 0 Å². The molecule has 3 aliphatic carbocycles. The van der Waals surface area contributed by atoms with Gasteiger partial charge in [0, 0.05) is 0 Å². The Bertz CT molecular complexity index is 581. The van der Waals surface area contributed by atoms with E-state index in [1.807, 2.05) is 12.1 Å². The summed E-state index contributed by atoms with van der Waals surface area (Å²) in [6, 6.07) is 6.02. The first-order valence-electron chi connectivity index (χ1n) is 9.01. The fourth-order valence-electron chi connectivity index (χ4n) is 6.20. The predicted molar refractivity (Wildman–Crippen MR) is 87.9 cm³/mol. The molecule has 0 heterocycles. The number of phenols is 1. The molecule has 2 heteroatoms. The first-order valence-corrected chi connectivity index (χ1v) is 9.01. The van der Waals surface area contributed by atoms with Gasteiger partial charge >= 0.3 is 0 Å². The van der Waals surface area contributed by atoms with E-state index >= 15 is 0 Å². The molecule has 0 spiro atoms. The second kappa shape index (κ2) is 4.99. The summed E-state index contributed by atoms with van der Waals surface area (Å²) in [5.74, 6) is 3.14. The van der Waals surface area contributed by atoms with Crippen LogP contribution >= 0.6 is 0 Å². The van der Waals surface area contributed by atoms with E-state index in [4.69, 9.17) is 0 Å². The topological polar surface area (TPSA) is 40.5 Å². The zero-order valence-corrected chi connectivity index (χ0v) is 13.8. The lowest BCUT2D eigenvalue weighted by atomic mass is 9.52. The predicted octanol–water partition coefficient (Wildman–Crippen LogP) is 4.25. The van der Waals surface area contributed by atoms with Gasteiger partial charge in [0.05, 0.1) is 6.10 Å². The second-order valence-electron chi connectivity index (χ2n) is 8.33. The van der Waals surface area contributed by atoms with Gasteiger partial charge in [0.25, 0.3) is 0 Å². The molecular weight excluding hydrogens is 272 g/mol. The molecule has 0 amide bonds. The number of hydrogen-bond donors (Lipinski definition) is 2. The van der Waals surface area contributed by atoms with Crippen molar-refractivity contribution in [1.29, 1.82) is 0 Å². The van der Waals surface area contributed by atoms with Gasteiger partial charge in [-0.3, -0.25) is 0 Å². The molecule has 0 radical (unpaired) electrons. The number of aromatic hydroxyl groups is 1. The van der Waals surface area contributed by atoms with E-state index in [1.54, 1.807) is 0 Å². The Morgan fingerprint density at radius 2 is 2.14 bits per heavy atom. The van der Waals surface area contributed by atoms with E-state index in [1.165, 1.54) is 30.4 Å². The van der Waals surface area contributed by atoms with Crippen LogP contribution in [0.4, 0.5) is 0 Å². The molecule has 1 aromatic rings. The van der Waals surface area contributed by atoms with Gasteiger partial charge in [0.1, 0.15) is 5.75 Å². The van der Waals surface area contributed by atoms with Crippen LogP contribution in [0.5, 0.6) is 5.75 Å². The third kappa shape index (κ3) is 2.03. The number of aliphatic hydroxyl groups is 1. The van der Waals surface area contributed by atoms with Gasteiger partial charge in [-0.1, -0.05) is 26.3 Å². The maximum absolute atomic E-state index is 10.3. The zero-order chi connectivity index (χ0) is 15.5. The molecule has 4 rings (SSSR count). The number of hydrogen-bond acceptors (Lipinski definition) is 2. The van der Waals surface area contributed by atoms with Crippen LogP contribution in [0.25, 0.3) is 0 Å². The molecule has 3 unspecified atom stereocenters. The Kier molecular flexibility index (Phi) is 3.30. The maximum atomic E-state index is 10.3. The number of benzene rings is 1. The molecule has 2 saturated carbocycles. The summed E-state index contributed by atoms with van der Waals surface area (Å²) >= 11 is 0. The van der Waals surface area contributed by atoms with Crippen LogP contribution in [0.1, 0.15) is 63.0 Å². The van der Waals surface area contributed by atoms with Crippen molar-refractivity contribution in [3.05, 3.63) is 29.3 Å². The van der Waals surface area contributed by atoms with Crippen molar-refractivity contribution in [2.24, 2.45) is 23.2 Å². The van der Waals surface area contributed by atoms with Crippen molar-refractivity contribution in [2.45, 2.75) is 64.4 Å². The Morgan fingerprint density at radius 1 is 1.32 bits per heavy atom. The highest BCUT2D eigenvalue weighted by Crippen LogP contribution is 2.62. The molecule has 120 valence electrons. The number of rotatable bonds is 1. The first kappa shape index (κ1) is 14.6. The molecule has 0 aromatic heterocycles. The van der Waals surface area contributed by atoms with Crippen molar-refractivity contribution in [2.75, 3.05) is 0 Å². The van der Waals surface area contributed by atoms with Crippen LogP contribution in [-0.2, 0) is 6.42 Å². The summed E-state index contributed by atoms with van der Waals surface area (Å²) in [5.41, 5.74) is 3.20. The van der Waals surface area contributed by atoms with Gasteiger partial charge in [-0.05, 0) is 84.5 Å². The lowest BCUT2D eigenvalue weighted by molar-refractivity contribution is 0.0247. The number of phenolic OH excluding ortho intramolecular Hbond substituents is 1. The van der Waals surface area contributed by atoms with Crippen LogP contribution in [0, 0.1) is 23.2 Å². The number of fused-ring (bicyclic) bond motifs is 5. The normalized spacial score (nSPS) is 43.3. The molecule has 3 aliphatic rings. The molecule has 0 aliphatic heterocycles. The van der Waals surface area contributed by atoms with E-state index in [0.29, 0.717) is 28.9 Å². The number of aliphatic hydroxyl groups excluding tert-OH is 1. The molecule has 2 nitrogen and oxygen atoms in total. The Labute approximate surface area is 133 Å². The van der Waals surface area contributed by atoms with Crippen LogP contribution in [0.15, 0.2) is 18.2 Å². The quantitative estimate of drug-likeness (QED) is 0.814. The zero-order valence-electron chi connectivity index (χ0n) is 13.8. The minimum atomic E-state index is -0.0903. The third-order valence-corrected chi connectivity index (χ3v) is 7.16. The molecule has 6 atom stereocenters. The Hall–Kier alpha value is -1.02. The fourth-order valence-corrected chi connectivity index (χ4v) is 6.20. The van der Waals surface area contributed by atoms with Crippen molar-refractivity contribution < 1.29 is 10.2 Å². The lowest BCUT2D eigenvalue weighted by Gasteiger charge is -2.52. The van der Waals surface area contributed by atoms with E-state index in [9.17, 15) is 10.2 Å². The average Bonchev–Trinajstić information content (AvgIpc) is 2.79. The van der Waals surface area contributed by atoms with E-state index in [0.717, 1.165) is 25.2 Å². The van der Waals surface area contributed by atoms with Gasteiger partial charge in [-0.15, -0.1) is 0 Å². The van der Waals surface area contributed by atoms with E-state index in [2.05, 4.69) is 19.9 Å². The summed E-state index contributed by atoms with van der Waals surface area (Å²) in [6.45, 7) is 4.73. The fraction of sp³-hybridized carbons (Fsp3) is 0.700. The van der Waals surface area contributed by atoms with Crippen molar-refractivity contribution in [1.82, 2.24) is 0 Å². The minimum Gasteiger partial charge on any atom is -0.508 e. The molecule has 22 heavy (non-hydrogen) atoms. The summed E-state index contributed by atoms with van der Waals surface area (Å²) in [4.78, 5) is 0. The monoisotopic (exact) mass is 300 g/mol. The standard InChI is InChI=1S/C20H28O2/c1-3-12-8-13-9-14(21)4-5-16(13)17-6-7-20(2)11-15(22)10-18(20)19(12)17/h4-5,9,12,15,17-19,21-22H,3,6-8,10-11H2,1-2H3/t12-,15+,17?,18?,19?,20-/m1/s1. The molecule has 2 N–H and O–H groups in total. The third-order valence-electron chi connectivity index (χ3n) is 7.16. The minimum absolute atomic E-state index is 0.0903. The first-order chi connectivity index (χ1) is 10.5. The SMILES string of the molecule is CC[C@@H]1Cc2cc(O)ccc2C2CC[C@]3(C)C[C@@H](O)CC3C21. The highest BCUT2D eigenvalue weighted by molar-refractivity contribution is 5.40. The molecule has 0 saturated heterocycles. The molecular formula is C20H28O2. The summed E-state index contributed by atoms with van der Waals surface area (Å²) in [7, 11) is 0. The van der Waals surface area contributed by atoms with Crippen LogP contribution in [0.3, 0.4) is 0 Å². The van der Waals surface area contributed by atoms with Crippen LogP contribution in [0.2, 0.25) is 0 Å². The second-order valence-corrected chi connectivity index (χ2v) is 8.33. The van der Waals surface area contributed by atoms with E-state index in [-0.39, 0.29) is 6.10 Å². The highest BCUT2D eigenvalue weighted by atomic mass is 16.3. The van der Waals surface area contributed by atoms with Gasteiger partial charge in [0.15, 0.2) is 0 Å².